The Bertz CT molecular complexity index is 474. The summed E-state index contributed by atoms with van der Waals surface area (Å²) >= 11 is 0. The van der Waals surface area contributed by atoms with Gasteiger partial charge in [0.15, 0.2) is 0 Å². The number of hydrogen-bond acceptors (Lipinski definition) is 2. The zero-order chi connectivity index (χ0) is 11.5. The van der Waals surface area contributed by atoms with Crippen LogP contribution in [0.15, 0.2) is 36.7 Å². The minimum atomic E-state index is 0.0223. The molecular weight excluding hydrogens is 198 g/mol. The predicted molar refractivity (Wildman–Crippen MR) is 65.1 cm³/mol. The van der Waals surface area contributed by atoms with Gasteiger partial charge in [-0.25, -0.2) is 4.98 Å². The van der Waals surface area contributed by atoms with E-state index in [1.54, 1.807) is 6.20 Å². The van der Waals surface area contributed by atoms with Crippen molar-refractivity contribution in [2.75, 3.05) is 0 Å². The molecule has 0 saturated heterocycles. The number of benzene rings is 1. The van der Waals surface area contributed by atoms with Gasteiger partial charge < -0.3 is 10.3 Å². The van der Waals surface area contributed by atoms with E-state index >= 15 is 0 Å². The summed E-state index contributed by atoms with van der Waals surface area (Å²) < 4.78 is 2.08. The Morgan fingerprint density at radius 2 is 2.06 bits per heavy atom. The minimum Gasteiger partial charge on any atom is -0.333 e. The maximum atomic E-state index is 6.21. The van der Waals surface area contributed by atoms with Gasteiger partial charge in [0.25, 0.3) is 0 Å². The van der Waals surface area contributed by atoms with Crippen molar-refractivity contribution >= 4 is 0 Å². The predicted octanol–water partition coefficient (Wildman–Crippen LogP) is 2.20. The monoisotopic (exact) mass is 215 g/mol. The van der Waals surface area contributed by atoms with Gasteiger partial charge in [-0.3, -0.25) is 0 Å². The van der Waals surface area contributed by atoms with E-state index in [-0.39, 0.29) is 6.04 Å². The molecule has 2 N–H and O–H groups in total. The second-order valence-corrected chi connectivity index (χ2v) is 4.09. The summed E-state index contributed by atoms with van der Waals surface area (Å²) in [7, 11) is 0. The van der Waals surface area contributed by atoms with Crippen molar-refractivity contribution in [1.29, 1.82) is 0 Å². The summed E-state index contributed by atoms with van der Waals surface area (Å²) in [6.45, 7) is 4.86. The van der Waals surface area contributed by atoms with Crippen LogP contribution in [0.1, 0.15) is 23.0 Å². The summed E-state index contributed by atoms with van der Waals surface area (Å²) in [6, 6.07) is 8.27. The van der Waals surface area contributed by atoms with Gasteiger partial charge in [0, 0.05) is 25.0 Å². The maximum absolute atomic E-state index is 6.21. The van der Waals surface area contributed by atoms with Gasteiger partial charge in [0.2, 0.25) is 0 Å². The largest absolute Gasteiger partial charge is 0.333 e. The number of aromatic nitrogens is 2. The fourth-order valence-electron chi connectivity index (χ4n) is 1.91. The number of nitrogens with zero attached hydrogens (tertiary/aromatic N) is 2. The summed E-state index contributed by atoms with van der Waals surface area (Å²) in [5.74, 6) is 1.00. The van der Waals surface area contributed by atoms with Crippen molar-refractivity contribution in [3.05, 3.63) is 53.6 Å². The molecule has 0 spiro atoms. The first-order chi connectivity index (χ1) is 7.68. The molecule has 1 unspecified atom stereocenters. The molecule has 0 radical (unpaired) electrons. The molecule has 2 rings (SSSR count). The average molecular weight is 215 g/mol. The standard InChI is InChI=1S/C13H17N3/c1-10-5-3-4-6-12(10)13(14)9-16-8-7-15-11(16)2/h3-8,13H,9,14H2,1-2H3. The molecule has 0 aliphatic carbocycles. The first-order valence-corrected chi connectivity index (χ1v) is 5.47. The number of nitrogens with two attached hydrogens (primary N) is 1. The summed E-state index contributed by atoms with van der Waals surface area (Å²) in [6.07, 6.45) is 3.77. The van der Waals surface area contributed by atoms with Crippen LogP contribution in [-0.2, 0) is 6.54 Å². The Kier molecular flexibility index (Phi) is 3.06. The van der Waals surface area contributed by atoms with Crippen molar-refractivity contribution in [1.82, 2.24) is 9.55 Å². The molecule has 2 aromatic rings. The van der Waals surface area contributed by atoms with E-state index in [1.807, 2.05) is 25.3 Å². The van der Waals surface area contributed by atoms with Crippen LogP contribution >= 0.6 is 0 Å². The van der Waals surface area contributed by atoms with E-state index in [9.17, 15) is 0 Å². The fourth-order valence-corrected chi connectivity index (χ4v) is 1.91. The molecule has 3 heteroatoms. The smallest absolute Gasteiger partial charge is 0.105 e. The molecule has 84 valence electrons. The summed E-state index contributed by atoms with van der Waals surface area (Å²) in [4.78, 5) is 4.19. The van der Waals surface area contributed by atoms with Crippen LogP contribution in [-0.4, -0.2) is 9.55 Å². The zero-order valence-corrected chi connectivity index (χ0v) is 9.72. The lowest BCUT2D eigenvalue weighted by Gasteiger charge is -2.16. The van der Waals surface area contributed by atoms with Gasteiger partial charge in [0.05, 0.1) is 0 Å². The molecule has 0 amide bonds. The Hall–Kier alpha value is -1.61. The van der Waals surface area contributed by atoms with Gasteiger partial charge in [0.1, 0.15) is 5.82 Å². The Morgan fingerprint density at radius 3 is 2.69 bits per heavy atom. The molecule has 3 nitrogen and oxygen atoms in total. The first kappa shape index (κ1) is 10.9. The number of hydrogen-bond donors (Lipinski definition) is 1. The molecule has 1 heterocycles. The minimum absolute atomic E-state index is 0.0223. The highest BCUT2D eigenvalue weighted by Crippen LogP contribution is 2.17. The SMILES string of the molecule is Cc1ccccc1C(N)Cn1ccnc1C. The molecule has 16 heavy (non-hydrogen) atoms. The van der Waals surface area contributed by atoms with E-state index in [0.717, 1.165) is 12.4 Å². The lowest BCUT2D eigenvalue weighted by atomic mass is 10.0. The van der Waals surface area contributed by atoms with E-state index in [1.165, 1.54) is 11.1 Å². The molecule has 1 atom stereocenters. The van der Waals surface area contributed by atoms with Gasteiger partial charge in [-0.15, -0.1) is 0 Å². The summed E-state index contributed by atoms with van der Waals surface area (Å²) in [5, 5.41) is 0. The third-order valence-electron chi connectivity index (χ3n) is 2.90. The molecule has 0 aliphatic rings. The topological polar surface area (TPSA) is 43.8 Å². The van der Waals surface area contributed by atoms with Crippen LogP contribution in [0.2, 0.25) is 0 Å². The second kappa shape index (κ2) is 4.49. The van der Waals surface area contributed by atoms with Crippen LogP contribution in [0.25, 0.3) is 0 Å². The van der Waals surface area contributed by atoms with E-state index < -0.39 is 0 Å². The van der Waals surface area contributed by atoms with Gasteiger partial charge in [-0.05, 0) is 25.0 Å². The normalized spacial score (nSPS) is 12.7. The summed E-state index contributed by atoms with van der Waals surface area (Å²) in [5.41, 5.74) is 8.65. The average Bonchev–Trinajstić information content (AvgIpc) is 2.65. The van der Waals surface area contributed by atoms with Crippen LogP contribution in [0.5, 0.6) is 0 Å². The van der Waals surface area contributed by atoms with Crippen molar-refractivity contribution in [2.45, 2.75) is 26.4 Å². The highest BCUT2D eigenvalue weighted by molar-refractivity contribution is 5.28. The lowest BCUT2D eigenvalue weighted by molar-refractivity contribution is 0.563. The van der Waals surface area contributed by atoms with E-state index in [2.05, 4.69) is 28.6 Å². The maximum Gasteiger partial charge on any atom is 0.105 e. The number of aryl methyl sites for hydroxylation is 2. The van der Waals surface area contributed by atoms with Crippen molar-refractivity contribution < 1.29 is 0 Å². The third kappa shape index (κ3) is 2.14. The third-order valence-corrected chi connectivity index (χ3v) is 2.90. The van der Waals surface area contributed by atoms with E-state index in [0.29, 0.717) is 0 Å². The molecule has 0 saturated carbocycles. The molecular formula is C13H17N3. The van der Waals surface area contributed by atoms with Crippen molar-refractivity contribution in [3.63, 3.8) is 0 Å². The van der Waals surface area contributed by atoms with Crippen LogP contribution in [0, 0.1) is 13.8 Å². The quantitative estimate of drug-likeness (QED) is 0.853. The van der Waals surface area contributed by atoms with Crippen LogP contribution in [0.4, 0.5) is 0 Å². The van der Waals surface area contributed by atoms with E-state index in [4.69, 9.17) is 5.73 Å². The molecule has 1 aromatic heterocycles. The van der Waals surface area contributed by atoms with Crippen LogP contribution < -0.4 is 5.73 Å². The molecule has 0 bridgehead atoms. The number of rotatable bonds is 3. The highest BCUT2D eigenvalue weighted by Gasteiger charge is 2.09. The van der Waals surface area contributed by atoms with Crippen molar-refractivity contribution in [2.24, 2.45) is 5.73 Å². The van der Waals surface area contributed by atoms with Gasteiger partial charge in [-0.2, -0.15) is 0 Å². The molecule has 1 aromatic carbocycles. The molecule has 0 fully saturated rings. The lowest BCUT2D eigenvalue weighted by Crippen LogP contribution is -2.18. The number of imidazole rings is 1. The molecule has 0 aliphatic heterocycles. The Balaban J connectivity index is 2.18. The zero-order valence-electron chi connectivity index (χ0n) is 9.72. The Labute approximate surface area is 95.9 Å². The van der Waals surface area contributed by atoms with Crippen LogP contribution in [0.3, 0.4) is 0 Å². The van der Waals surface area contributed by atoms with Crippen molar-refractivity contribution in [3.8, 4) is 0 Å². The van der Waals surface area contributed by atoms with Gasteiger partial charge in [-0.1, -0.05) is 24.3 Å². The fraction of sp³-hybridized carbons (Fsp3) is 0.308. The highest BCUT2D eigenvalue weighted by atomic mass is 15.1. The Morgan fingerprint density at radius 1 is 1.31 bits per heavy atom. The van der Waals surface area contributed by atoms with Gasteiger partial charge >= 0.3 is 0 Å². The first-order valence-electron chi connectivity index (χ1n) is 5.47. The second-order valence-electron chi connectivity index (χ2n) is 4.09.